The van der Waals surface area contributed by atoms with E-state index in [9.17, 15) is 28.2 Å². The van der Waals surface area contributed by atoms with Gasteiger partial charge in [0.15, 0.2) is 6.10 Å². The van der Waals surface area contributed by atoms with Crippen LogP contribution in [0.25, 0.3) is 0 Å². The summed E-state index contributed by atoms with van der Waals surface area (Å²) in [5, 5.41) is 27.9. The molecule has 19 heavy (non-hydrogen) atoms. The van der Waals surface area contributed by atoms with Gasteiger partial charge in [-0.25, -0.2) is 0 Å². The maximum absolute atomic E-state index is 12.5. The van der Waals surface area contributed by atoms with Gasteiger partial charge >= 0.3 is 6.18 Å². The minimum atomic E-state index is -4.60. The second-order valence-corrected chi connectivity index (χ2v) is 3.86. The summed E-state index contributed by atoms with van der Waals surface area (Å²) >= 11 is 0. The molecule has 1 aromatic carbocycles. The zero-order chi connectivity index (χ0) is 14.8. The van der Waals surface area contributed by atoms with E-state index in [1.165, 1.54) is 0 Å². The normalized spacial score (nSPS) is 15.1. The molecular formula is C11H12F3NO4. The maximum Gasteiger partial charge on any atom is 0.416 e. The zero-order valence-electron chi connectivity index (χ0n) is 9.55. The Hall–Kier alpha value is -1.64. The summed E-state index contributed by atoms with van der Waals surface area (Å²) in [6.45, 7) is -0.790. The Bertz CT molecular complexity index is 475. The molecule has 1 aromatic rings. The third kappa shape index (κ3) is 3.43. The van der Waals surface area contributed by atoms with Crippen molar-refractivity contribution in [1.29, 1.82) is 0 Å². The molecule has 0 heterocycles. The lowest BCUT2D eigenvalue weighted by Crippen LogP contribution is -2.34. The molecule has 0 saturated carbocycles. The highest BCUT2D eigenvalue weighted by atomic mass is 19.4. The topological polar surface area (TPSA) is 104 Å². The van der Waals surface area contributed by atoms with Crippen LogP contribution in [0.4, 0.5) is 13.2 Å². The van der Waals surface area contributed by atoms with Crippen LogP contribution in [0.2, 0.25) is 0 Å². The van der Waals surface area contributed by atoms with Crippen LogP contribution in [0, 0.1) is 0 Å². The molecule has 0 saturated heterocycles. The minimum absolute atomic E-state index is 0.193. The van der Waals surface area contributed by atoms with Crippen molar-refractivity contribution in [1.82, 2.24) is 0 Å². The van der Waals surface area contributed by atoms with Crippen LogP contribution in [0.15, 0.2) is 18.2 Å². The minimum Gasteiger partial charge on any atom is -0.392 e. The number of hydrogen-bond acceptors (Lipinski definition) is 4. The van der Waals surface area contributed by atoms with Crippen molar-refractivity contribution in [2.75, 3.05) is 0 Å². The SMILES string of the molecule is NC(=O)C(O)C(O)c1ccc(C(F)(F)F)cc1CO. The molecule has 2 atom stereocenters. The molecule has 106 valence electrons. The summed E-state index contributed by atoms with van der Waals surface area (Å²) in [7, 11) is 0. The predicted octanol–water partition coefficient (Wildman–Crippen LogP) is 0.0773. The number of hydrogen-bond donors (Lipinski definition) is 4. The van der Waals surface area contributed by atoms with Crippen LogP contribution >= 0.6 is 0 Å². The van der Waals surface area contributed by atoms with Crippen molar-refractivity contribution in [3.8, 4) is 0 Å². The average molecular weight is 279 g/mol. The van der Waals surface area contributed by atoms with E-state index in [1.54, 1.807) is 0 Å². The van der Waals surface area contributed by atoms with Gasteiger partial charge in [-0.15, -0.1) is 0 Å². The fourth-order valence-electron chi connectivity index (χ4n) is 1.53. The van der Waals surface area contributed by atoms with Crippen molar-refractivity contribution >= 4 is 5.91 Å². The molecule has 5 N–H and O–H groups in total. The van der Waals surface area contributed by atoms with Gasteiger partial charge in [-0.2, -0.15) is 13.2 Å². The average Bonchev–Trinajstić information content (AvgIpc) is 2.34. The van der Waals surface area contributed by atoms with Crippen LogP contribution in [-0.2, 0) is 17.6 Å². The predicted molar refractivity (Wildman–Crippen MR) is 57.5 cm³/mol. The Morgan fingerprint density at radius 2 is 1.89 bits per heavy atom. The summed E-state index contributed by atoms with van der Waals surface area (Å²) < 4.78 is 37.4. The smallest absolute Gasteiger partial charge is 0.392 e. The van der Waals surface area contributed by atoms with Gasteiger partial charge in [-0.1, -0.05) is 6.07 Å². The van der Waals surface area contributed by atoms with Gasteiger partial charge in [0.2, 0.25) is 5.91 Å². The highest BCUT2D eigenvalue weighted by molar-refractivity contribution is 5.79. The molecule has 0 aliphatic rings. The van der Waals surface area contributed by atoms with Gasteiger partial charge in [0.25, 0.3) is 0 Å². The molecule has 8 heteroatoms. The number of primary amides is 1. The van der Waals surface area contributed by atoms with E-state index in [4.69, 9.17) is 10.8 Å². The standard InChI is InChI=1S/C11H12F3NO4/c12-11(13,14)6-1-2-7(5(3-6)4-16)8(17)9(18)10(15)19/h1-3,8-9,16-18H,4H2,(H2,15,19). The summed E-state index contributed by atoms with van der Waals surface area (Å²) in [6, 6.07) is 2.18. The van der Waals surface area contributed by atoms with E-state index in [2.05, 4.69) is 0 Å². The largest absolute Gasteiger partial charge is 0.416 e. The molecule has 2 unspecified atom stereocenters. The monoisotopic (exact) mass is 279 g/mol. The van der Waals surface area contributed by atoms with E-state index in [1.807, 2.05) is 0 Å². The summed E-state index contributed by atoms with van der Waals surface area (Å²) in [5.74, 6) is -1.23. The number of benzene rings is 1. The summed E-state index contributed by atoms with van der Waals surface area (Å²) in [5.41, 5.74) is 3.32. The number of aliphatic hydroxyl groups excluding tert-OH is 3. The molecule has 0 spiro atoms. The van der Waals surface area contributed by atoms with Gasteiger partial charge in [-0.05, 0) is 23.3 Å². The lowest BCUT2D eigenvalue weighted by molar-refractivity contribution is -0.138. The van der Waals surface area contributed by atoms with E-state index in [-0.39, 0.29) is 11.1 Å². The molecule has 5 nitrogen and oxygen atoms in total. The van der Waals surface area contributed by atoms with Crippen LogP contribution < -0.4 is 5.73 Å². The van der Waals surface area contributed by atoms with Crippen molar-refractivity contribution < 1.29 is 33.3 Å². The fraction of sp³-hybridized carbons (Fsp3) is 0.364. The maximum atomic E-state index is 12.5. The van der Waals surface area contributed by atoms with Crippen LogP contribution in [-0.4, -0.2) is 27.3 Å². The number of rotatable bonds is 4. The highest BCUT2D eigenvalue weighted by Crippen LogP contribution is 2.32. The van der Waals surface area contributed by atoms with Crippen LogP contribution in [0.1, 0.15) is 22.8 Å². The van der Waals surface area contributed by atoms with Crippen LogP contribution in [0.3, 0.4) is 0 Å². The zero-order valence-corrected chi connectivity index (χ0v) is 9.55. The van der Waals surface area contributed by atoms with E-state index in [0.29, 0.717) is 12.1 Å². The van der Waals surface area contributed by atoms with Crippen molar-refractivity contribution in [3.63, 3.8) is 0 Å². The molecule has 0 aliphatic carbocycles. The van der Waals surface area contributed by atoms with Crippen molar-refractivity contribution in [2.45, 2.75) is 25.0 Å². The van der Waals surface area contributed by atoms with E-state index in [0.717, 1.165) is 6.07 Å². The molecule has 0 aliphatic heterocycles. The first-order valence-electron chi connectivity index (χ1n) is 5.14. The number of alkyl halides is 3. The number of amides is 1. The molecule has 0 fully saturated rings. The number of nitrogens with two attached hydrogens (primary N) is 1. The van der Waals surface area contributed by atoms with E-state index < -0.39 is 36.5 Å². The number of carbonyl (C=O) groups excluding carboxylic acids is 1. The molecule has 0 radical (unpaired) electrons. The Labute approximate surface area is 106 Å². The highest BCUT2D eigenvalue weighted by Gasteiger charge is 2.32. The Morgan fingerprint density at radius 1 is 1.32 bits per heavy atom. The molecular weight excluding hydrogens is 267 g/mol. The molecule has 1 rings (SSSR count). The third-order valence-corrected chi connectivity index (χ3v) is 2.55. The lowest BCUT2D eigenvalue weighted by atomic mass is 9.96. The summed E-state index contributed by atoms with van der Waals surface area (Å²) in [6.07, 6.45) is -8.38. The van der Waals surface area contributed by atoms with Crippen LogP contribution in [0.5, 0.6) is 0 Å². The fourth-order valence-corrected chi connectivity index (χ4v) is 1.53. The number of carbonyl (C=O) groups is 1. The number of aliphatic hydroxyl groups is 3. The molecule has 0 bridgehead atoms. The van der Waals surface area contributed by atoms with Crippen molar-refractivity contribution in [3.05, 3.63) is 34.9 Å². The Balaban J connectivity index is 3.20. The van der Waals surface area contributed by atoms with Gasteiger partial charge in [-0.3, -0.25) is 4.79 Å². The number of halogens is 3. The van der Waals surface area contributed by atoms with Crippen molar-refractivity contribution in [2.24, 2.45) is 5.73 Å². The van der Waals surface area contributed by atoms with Gasteiger partial charge in [0.1, 0.15) is 6.10 Å². The van der Waals surface area contributed by atoms with Gasteiger partial charge in [0.05, 0.1) is 12.2 Å². The van der Waals surface area contributed by atoms with E-state index >= 15 is 0 Å². The summed E-state index contributed by atoms with van der Waals surface area (Å²) in [4.78, 5) is 10.7. The second-order valence-electron chi connectivity index (χ2n) is 3.86. The van der Waals surface area contributed by atoms with Gasteiger partial charge < -0.3 is 21.1 Å². The Morgan fingerprint density at radius 3 is 2.32 bits per heavy atom. The molecule has 0 aromatic heterocycles. The van der Waals surface area contributed by atoms with Gasteiger partial charge in [0, 0.05) is 0 Å². The second kappa shape index (κ2) is 5.55. The molecule has 1 amide bonds. The quantitative estimate of drug-likeness (QED) is 0.626. The first kappa shape index (κ1) is 15.4. The first-order chi connectivity index (χ1) is 8.68. The Kier molecular flexibility index (Phi) is 4.51. The first-order valence-corrected chi connectivity index (χ1v) is 5.14. The third-order valence-electron chi connectivity index (χ3n) is 2.55. The lowest BCUT2D eigenvalue weighted by Gasteiger charge is -2.19.